The first-order valence-corrected chi connectivity index (χ1v) is 9.75. The van der Waals surface area contributed by atoms with Crippen LogP contribution >= 0.6 is 0 Å². The predicted molar refractivity (Wildman–Crippen MR) is 115 cm³/mol. The van der Waals surface area contributed by atoms with Crippen LogP contribution in [0.25, 0.3) is 0 Å². The molecule has 0 saturated heterocycles. The molecule has 0 fully saturated rings. The molecule has 2 amide bonds. The van der Waals surface area contributed by atoms with E-state index in [-0.39, 0.29) is 12.5 Å². The normalized spacial score (nSPS) is 10.4. The molecule has 2 aromatic rings. The van der Waals surface area contributed by atoms with E-state index in [2.05, 4.69) is 5.32 Å². The highest BCUT2D eigenvalue weighted by Crippen LogP contribution is 2.15. The third-order valence-electron chi connectivity index (χ3n) is 4.12. The number of nitrogens with one attached hydrogen (secondary N) is 1. The lowest BCUT2D eigenvalue weighted by molar-refractivity contribution is -0.136. The van der Waals surface area contributed by atoms with Crippen LogP contribution in [0.3, 0.4) is 0 Å². The van der Waals surface area contributed by atoms with Gasteiger partial charge in [-0.1, -0.05) is 37.6 Å². The molecule has 30 heavy (non-hydrogen) atoms. The Balaban J connectivity index is 1.81. The molecular formula is C23H28N2O5. The molecule has 0 aliphatic carbocycles. The number of amides is 2. The molecule has 0 unspecified atom stereocenters. The van der Waals surface area contributed by atoms with E-state index in [0.29, 0.717) is 29.5 Å². The number of ether oxygens (including phenoxy) is 2. The number of benzene rings is 2. The van der Waals surface area contributed by atoms with Crippen molar-refractivity contribution < 1.29 is 23.9 Å². The van der Waals surface area contributed by atoms with Crippen molar-refractivity contribution in [1.82, 2.24) is 4.90 Å². The Bertz CT molecular complexity index is 877. The number of carbonyl (C=O) groups is 3. The van der Waals surface area contributed by atoms with Gasteiger partial charge in [-0.15, -0.1) is 0 Å². The third kappa shape index (κ3) is 7.58. The minimum absolute atomic E-state index is 0.150. The number of hydrogen-bond donors (Lipinski definition) is 1. The molecule has 2 aromatic carbocycles. The number of esters is 1. The summed E-state index contributed by atoms with van der Waals surface area (Å²) in [7, 11) is 1.48. The molecular weight excluding hydrogens is 384 g/mol. The number of aryl methyl sites for hydroxylation is 1. The monoisotopic (exact) mass is 412 g/mol. The lowest BCUT2D eigenvalue weighted by atomic mass is 10.2. The molecule has 0 heterocycles. The summed E-state index contributed by atoms with van der Waals surface area (Å²) in [4.78, 5) is 37.7. The zero-order valence-electron chi connectivity index (χ0n) is 17.8. The Morgan fingerprint density at radius 2 is 1.77 bits per heavy atom. The molecule has 7 nitrogen and oxygen atoms in total. The van der Waals surface area contributed by atoms with Gasteiger partial charge in [-0.2, -0.15) is 0 Å². The summed E-state index contributed by atoms with van der Waals surface area (Å²) in [6, 6.07) is 14.0. The Labute approximate surface area is 177 Å². The van der Waals surface area contributed by atoms with Crippen molar-refractivity contribution >= 4 is 23.5 Å². The standard InChI is InChI=1S/C23H28N2O5/c1-16(2)14-29-20-7-5-6-18(12-20)23(28)30-15-22(27)25(4)13-21(26)24-19-10-8-17(3)9-11-19/h5-12,16H,13-15H2,1-4H3,(H,24,26). The van der Waals surface area contributed by atoms with Crippen molar-refractivity contribution in [3.8, 4) is 5.75 Å². The van der Waals surface area contributed by atoms with Gasteiger partial charge in [0.15, 0.2) is 6.61 Å². The smallest absolute Gasteiger partial charge is 0.338 e. The van der Waals surface area contributed by atoms with E-state index in [1.807, 2.05) is 32.9 Å². The van der Waals surface area contributed by atoms with E-state index in [9.17, 15) is 14.4 Å². The van der Waals surface area contributed by atoms with Crippen LogP contribution in [-0.2, 0) is 14.3 Å². The SMILES string of the molecule is Cc1ccc(NC(=O)CN(C)C(=O)COC(=O)c2cccc(OCC(C)C)c2)cc1. The summed E-state index contributed by atoms with van der Waals surface area (Å²) < 4.78 is 10.7. The lowest BCUT2D eigenvalue weighted by Crippen LogP contribution is -2.37. The van der Waals surface area contributed by atoms with Crippen LogP contribution < -0.4 is 10.1 Å². The number of hydrogen-bond acceptors (Lipinski definition) is 5. The van der Waals surface area contributed by atoms with Crippen LogP contribution in [0.4, 0.5) is 5.69 Å². The average molecular weight is 412 g/mol. The van der Waals surface area contributed by atoms with E-state index < -0.39 is 18.5 Å². The second-order valence-corrected chi connectivity index (χ2v) is 7.47. The van der Waals surface area contributed by atoms with Crippen LogP contribution in [0, 0.1) is 12.8 Å². The molecule has 0 aliphatic rings. The van der Waals surface area contributed by atoms with E-state index in [1.165, 1.54) is 11.9 Å². The van der Waals surface area contributed by atoms with Gasteiger partial charge in [0.05, 0.1) is 18.7 Å². The zero-order valence-corrected chi connectivity index (χ0v) is 17.8. The van der Waals surface area contributed by atoms with Gasteiger partial charge in [0.25, 0.3) is 5.91 Å². The summed E-state index contributed by atoms with van der Waals surface area (Å²) in [5.74, 6) is -0.521. The van der Waals surface area contributed by atoms with Gasteiger partial charge in [-0.05, 0) is 43.2 Å². The van der Waals surface area contributed by atoms with Gasteiger partial charge < -0.3 is 19.7 Å². The zero-order chi connectivity index (χ0) is 22.1. The molecule has 0 saturated carbocycles. The first kappa shape index (κ1) is 22.9. The highest BCUT2D eigenvalue weighted by atomic mass is 16.5. The fourth-order valence-electron chi connectivity index (χ4n) is 2.44. The molecule has 160 valence electrons. The van der Waals surface area contributed by atoms with Gasteiger partial charge in [0, 0.05) is 12.7 Å². The average Bonchev–Trinajstić information content (AvgIpc) is 2.72. The summed E-state index contributed by atoms with van der Waals surface area (Å²) >= 11 is 0. The Hall–Kier alpha value is -3.35. The highest BCUT2D eigenvalue weighted by molar-refractivity contribution is 5.95. The topological polar surface area (TPSA) is 84.9 Å². The molecule has 0 bridgehead atoms. The Morgan fingerprint density at radius 1 is 1.07 bits per heavy atom. The summed E-state index contributed by atoms with van der Waals surface area (Å²) in [6.45, 7) is 5.94. The molecule has 0 aromatic heterocycles. The maximum Gasteiger partial charge on any atom is 0.338 e. The van der Waals surface area contributed by atoms with Crippen molar-refractivity contribution in [1.29, 1.82) is 0 Å². The quantitative estimate of drug-likeness (QED) is 0.639. The van der Waals surface area contributed by atoms with Crippen LogP contribution in [0.1, 0.15) is 29.8 Å². The fraction of sp³-hybridized carbons (Fsp3) is 0.348. The fourth-order valence-corrected chi connectivity index (χ4v) is 2.44. The van der Waals surface area contributed by atoms with Crippen molar-refractivity contribution in [3.05, 3.63) is 59.7 Å². The van der Waals surface area contributed by atoms with Gasteiger partial charge in [-0.3, -0.25) is 9.59 Å². The van der Waals surface area contributed by atoms with Crippen molar-refractivity contribution in [2.75, 3.05) is 32.1 Å². The van der Waals surface area contributed by atoms with Crippen molar-refractivity contribution in [2.24, 2.45) is 5.92 Å². The van der Waals surface area contributed by atoms with E-state index >= 15 is 0 Å². The van der Waals surface area contributed by atoms with Crippen LogP contribution in [-0.4, -0.2) is 49.5 Å². The second kappa shape index (κ2) is 11.0. The van der Waals surface area contributed by atoms with Gasteiger partial charge in [0.1, 0.15) is 5.75 Å². The molecule has 0 aliphatic heterocycles. The van der Waals surface area contributed by atoms with Crippen molar-refractivity contribution in [3.63, 3.8) is 0 Å². The Kier molecular flexibility index (Phi) is 8.41. The first-order valence-electron chi connectivity index (χ1n) is 9.75. The molecule has 7 heteroatoms. The number of carbonyl (C=O) groups excluding carboxylic acids is 3. The number of likely N-dealkylation sites (N-methyl/N-ethyl adjacent to an activating group) is 1. The van der Waals surface area contributed by atoms with E-state index in [4.69, 9.17) is 9.47 Å². The summed E-state index contributed by atoms with van der Waals surface area (Å²) in [6.07, 6.45) is 0. The first-order chi connectivity index (χ1) is 14.2. The summed E-state index contributed by atoms with van der Waals surface area (Å²) in [5.41, 5.74) is 2.03. The maximum absolute atomic E-state index is 12.2. The molecule has 2 rings (SSSR count). The van der Waals surface area contributed by atoms with Gasteiger partial charge >= 0.3 is 5.97 Å². The minimum Gasteiger partial charge on any atom is -0.493 e. The van der Waals surface area contributed by atoms with Gasteiger partial charge in [0.2, 0.25) is 5.91 Å². The highest BCUT2D eigenvalue weighted by Gasteiger charge is 2.16. The van der Waals surface area contributed by atoms with Crippen LogP contribution in [0.5, 0.6) is 5.75 Å². The Morgan fingerprint density at radius 3 is 2.43 bits per heavy atom. The van der Waals surface area contributed by atoms with E-state index in [1.54, 1.807) is 36.4 Å². The number of nitrogens with zero attached hydrogens (tertiary/aromatic N) is 1. The summed E-state index contributed by atoms with van der Waals surface area (Å²) in [5, 5.41) is 2.72. The molecule has 0 atom stereocenters. The van der Waals surface area contributed by atoms with Crippen LogP contribution in [0.2, 0.25) is 0 Å². The van der Waals surface area contributed by atoms with Crippen LogP contribution in [0.15, 0.2) is 48.5 Å². The largest absolute Gasteiger partial charge is 0.493 e. The van der Waals surface area contributed by atoms with E-state index in [0.717, 1.165) is 5.56 Å². The number of anilines is 1. The molecule has 0 spiro atoms. The molecule has 1 N–H and O–H groups in total. The third-order valence-corrected chi connectivity index (χ3v) is 4.12. The van der Waals surface area contributed by atoms with Crippen molar-refractivity contribution in [2.45, 2.75) is 20.8 Å². The predicted octanol–water partition coefficient (Wildman–Crippen LogP) is 3.28. The maximum atomic E-state index is 12.2. The number of rotatable bonds is 9. The lowest BCUT2D eigenvalue weighted by Gasteiger charge is -2.17. The van der Waals surface area contributed by atoms with Gasteiger partial charge in [-0.25, -0.2) is 4.79 Å². The minimum atomic E-state index is -0.629. The molecule has 0 radical (unpaired) electrons. The second-order valence-electron chi connectivity index (χ2n) is 7.47.